The van der Waals surface area contributed by atoms with E-state index >= 15 is 0 Å². The number of benzene rings is 7. The van der Waals surface area contributed by atoms with Crippen molar-refractivity contribution in [3.05, 3.63) is 175 Å². The van der Waals surface area contributed by atoms with Crippen molar-refractivity contribution in [2.45, 2.75) is 19.3 Å². The second kappa shape index (κ2) is 11.5. The van der Waals surface area contributed by atoms with E-state index in [4.69, 9.17) is 15.0 Å². The predicted molar refractivity (Wildman–Crippen MR) is 202 cm³/mol. The van der Waals surface area contributed by atoms with Gasteiger partial charge < -0.3 is 0 Å². The molecule has 0 aliphatic heterocycles. The Balaban J connectivity index is 1.20. The molecule has 0 spiro atoms. The maximum absolute atomic E-state index is 4.96. The molecular weight excluding hydrogens is 595 g/mol. The zero-order chi connectivity index (χ0) is 33.0. The van der Waals surface area contributed by atoms with Crippen molar-refractivity contribution in [2.24, 2.45) is 0 Å². The molecule has 232 valence electrons. The highest BCUT2D eigenvalue weighted by Crippen LogP contribution is 2.52. The van der Waals surface area contributed by atoms with Crippen LogP contribution in [0.2, 0.25) is 0 Å². The van der Waals surface area contributed by atoms with Gasteiger partial charge in [0.2, 0.25) is 0 Å². The molecule has 49 heavy (non-hydrogen) atoms. The van der Waals surface area contributed by atoms with Crippen molar-refractivity contribution < 1.29 is 0 Å². The van der Waals surface area contributed by atoms with Gasteiger partial charge in [-0.2, -0.15) is 0 Å². The summed E-state index contributed by atoms with van der Waals surface area (Å²) in [4.78, 5) is 14.8. The number of fused-ring (bicyclic) bond motifs is 4. The fraction of sp³-hybridized carbons (Fsp3) is 0.0652. The Hall–Kier alpha value is -6.19. The fourth-order valence-corrected chi connectivity index (χ4v) is 7.32. The van der Waals surface area contributed by atoms with Gasteiger partial charge in [-0.05, 0) is 73.5 Å². The van der Waals surface area contributed by atoms with Crippen molar-refractivity contribution in [1.82, 2.24) is 15.0 Å². The SMILES string of the molecule is CC1(C)c2ccccc2-c2cc(-c3ccc4ccccc4c3)c(-c3ccc(-c4nc(-c5ccccc5)nc(-c5ccccc5)n4)cc3)cc21. The number of aromatic nitrogens is 3. The quantitative estimate of drug-likeness (QED) is 0.191. The van der Waals surface area contributed by atoms with Gasteiger partial charge in [-0.15, -0.1) is 0 Å². The van der Waals surface area contributed by atoms with Gasteiger partial charge >= 0.3 is 0 Å². The average Bonchev–Trinajstić information content (AvgIpc) is 3.40. The summed E-state index contributed by atoms with van der Waals surface area (Å²) in [7, 11) is 0. The largest absolute Gasteiger partial charge is 0.208 e. The molecule has 1 aliphatic carbocycles. The van der Waals surface area contributed by atoms with E-state index in [-0.39, 0.29) is 5.41 Å². The standard InChI is InChI=1S/C46H33N3/c1-46(2)41-20-12-11-19-37(41)40-28-38(36-26-21-30-13-9-10-18-35(30)27-36)39(29-42(40)46)31-22-24-34(25-23-31)45-48-43(32-14-5-3-6-15-32)47-44(49-45)33-16-7-4-8-17-33/h3-29H,1-2H3. The van der Waals surface area contributed by atoms with Crippen LogP contribution in [0.25, 0.3) is 78.3 Å². The fourth-order valence-electron chi connectivity index (χ4n) is 7.32. The summed E-state index contributed by atoms with van der Waals surface area (Å²) in [6, 6.07) is 58.0. The first-order valence-electron chi connectivity index (χ1n) is 16.8. The molecule has 0 radical (unpaired) electrons. The molecular formula is C46H33N3. The summed E-state index contributed by atoms with van der Waals surface area (Å²) >= 11 is 0. The second-order valence-corrected chi connectivity index (χ2v) is 13.3. The smallest absolute Gasteiger partial charge is 0.164 e. The maximum atomic E-state index is 4.96. The molecule has 0 unspecified atom stereocenters. The van der Waals surface area contributed by atoms with Gasteiger partial charge in [-0.25, -0.2) is 15.0 Å². The molecule has 3 heteroatoms. The Kier molecular flexibility index (Phi) is 6.80. The Morgan fingerprint density at radius 1 is 0.327 bits per heavy atom. The molecule has 3 nitrogen and oxygen atoms in total. The van der Waals surface area contributed by atoms with Crippen LogP contribution < -0.4 is 0 Å². The second-order valence-electron chi connectivity index (χ2n) is 13.3. The Morgan fingerprint density at radius 2 is 0.816 bits per heavy atom. The zero-order valence-electron chi connectivity index (χ0n) is 27.4. The van der Waals surface area contributed by atoms with E-state index in [2.05, 4.69) is 117 Å². The highest BCUT2D eigenvalue weighted by molar-refractivity contribution is 5.95. The van der Waals surface area contributed by atoms with Crippen LogP contribution >= 0.6 is 0 Å². The van der Waals surface area contributed by atoms with Crippen LogP contribution in [0.1, 0.15) is 25.0 Å². The van der Waals surface area contributed by atoms with Gasteiger partial charge in [0.1, 0.15) is 0 Å². The molecule has 0 bridgehead atoms. The van der Waals surface area contributed by atoms with E-state index in [1.54, 1.807) is 0 Å². The molecule has 1 heterocycles. The first kappa shape index (κ1) is 29.0. The first-order valence-corrected chi connectivity index (χ1v) is 16.8. The molecule has 9 rings (SSSR count). The minimum Gasteiger partial charge on any atom is -0.208 e. The summed E-state index contributed by atoms with van der Waals surface area (Å²) in [5.74, 6) is 1.97. The normalized spacial score (nSPS) is 12.9. The van der Waals surface area contributed by atoms with Crippen LogP contribution in [0.3, 0.4) is 0 Å². The molecule has 1 aromatic heterocycles. The van der Waals surface area contributed by atoms with E-state index < -0.39 is 0 Å². The molecule has 0 fully saturated rings. The maximum Gasteiger partial charge on any atom is 0.164 e. The number of nitrogens with zero attached hydrogens (tertiary/aromatic N) is 3. The lowest BCUT2D eigenvalue weighted by molar-refractivity contribution is 0.660. The van der Waals surface area contributed by atoms with Crippen molar-refractivity contribution in [3.63, 3.8) is 0 Å². The Labute approximate surface area is 286 Å². The predicted octanol–water partition coefficient (Wildman–Crippen LogP) is 11.7. The van der Waals surface area contributed by atoms with E-state index in [9.17, 15) is 0 Å². The van der Waals surface area contributed by atoms with Crippen LogP contribution in [-0.4, -0.2) is 15.0 Å². The summed E-state index contributed by atoms with van der Waals surface area (Å²) < 4.78 is 0. The molecule has 1 aliphatic rings. The Morgan fingerprint density at radius 3 is 1.47 bits per heavy atom. The lowest BCUT2D eigenvalue weighted by Gasteiger charge is -2.23. The first-order chi connectivity index (χ1) is 24.0. The molecule has 0 saturated heterocycles. The third kappa shape index (κ3) is 5.03. The topological polar surface area (TPSA) is 38.7 Å². The Bertz CT molecular complexity index is 2440. The summed E-state index contributed by atoms with van der Waals surface area (Å²) in [6.45, 7) is 4.69. The zero-order valence-corrected chi connectivity index (χ0v) is 27.4. The lowest BCUT2D eigenvalue weighted by atomic mass is 9.80. The minimum atomic E-state index is -0.102. The molecule has 0 atom stereocenters. The number of hydrogen-bond acceptors (Lipinski definition) is 3. The van der Waals surface area contributed by atoms with E-state index in [1.165, 1.54) is 49.7 Å². The van der Waals surface area contributed by atoms with Crippen molar-refractivity contribution in [1.29, 1.82) is 0 Å². The molecule has 0 saturated carbocycles. The monoisotopic (exact) mass is 627 g/mol. The van der Waals surface area contributed by atoms with Gasteiger partial charge in [0.25, 0.3) is 0 Å². The van der Waals surface area contributed by atoms with Gasteiger partial charge in [0.05, 0.1) is 0 Å². The van der Waals surface area contributed by atoms with Crippen LogP contribution in [-0.2, 0) is 5.41 Å². The van der Waals surface area contributed by atoms with E-state index in [1.807, 2.05) is 60.7 Å². The van der Waals surface area contributed by atoms with Gasteiger partial charge in [-0.1, -0.05) is 159 Å². The highest BCUT2D eigenvalue weighted by Gasteiger charge is 2.36. The van der Waals surface area contributed by atoms with Crippen LogP contribution in [0, 0.1) is 0 Å². The minimum absolute atomic E-state index is 0.102. The summed E-state index contributed by atoms with van der Waals surface area (Å²) in [6.07, 6.45) is 0. The molecule has 0 N–H and O–H groups in total. The van der Waals surface area contributed by atoms with Crippen LogP contribution in [0.15, 0.2) is 164 Å². The molecule has 0 amide bonds. The van der Waals surface area contributed by atoms with Crippen molar-refractivity contribution >= 4 is 10.8 Å². The summed E-state index contributed by atoms with van der Waals surface area (Å²) in [5.41, 5.74) is 12.9. The van der Waals surface area contributed by atoms with Crippen LogP contribution in [0.5, 0.6) is 0 Å². The molecule has 7 aromatic carbocycles. The summed E-state index contributed by atoms with van der Waals surface area (Å²) in [5, 5.41) is 2.48. The van der Waals surface area contributed by atoms with Gasteiger partial charge in [0.15, 0.2) is 17.5 Å². The van der Waals surface area contributed by atoms with Crippen molar-refractivity contribution in [3.8, 4) is 67.5 Å². The van der Waals surface area contributed by atoms with Gasteiger partial charge in [0, 0.05) is 22.1 Å². The van der Waals surface area contributed by atoms with Crippen molar-refractivity contribution in [2.75, 3.05) is 0 Å². The highest BCUT2D eigenvalue weighted by atomic mass is 15.0. The van der Waals surface area contributed by atoms with E-state index in [0.29, 0.717) is 17.5 Å². The third-order valence-corrected chi connectivity index (χ3v) is 9.94. The van der Waals surface area contributed by atoms with Gasteiger partial charge in [-0.3, -0.25) is 0 Å². The number of hydrogen-bond donors (Lipinski definition) is 0. The van der Waals surface area contributed by atoms with E-state index in [0.717, 1.165) is 22.3 Å². The number of rotatable bonds is 5. The molecule has 8 aromatic rings. The average molecular weight is 628 g/mol. The van der Waals surface area contributed by atoms with Crippen LogP contribution in [0.4, 0.5) is 0 Å². The lowest BCUT2D eigenvalue weighted by Crippen LogP contribution is -2.15. The third-order valence-electron chi connectivity index (χ3n) is 9.94.